The fourth-order valence-corrected chi connectivity index (χ4v) is 5.05. The van der Waals surface area contributed by atoms with Crippen molar-refractivity contribution in [2.24, 2.45) is 11.8 Å². The first-order chi connectivity index (χ1) is 17.8. The lowest BCUT2D eigenvalue weighted by Gasteiger charge is -2.25. The monoisotopic (exact) mass is 510 g/mol. The molecule has 7 heteroatoms. The van der Waals surface area contributed by atoms with E-state index >= 15 is 0 Å². The van der Waals surface area contributed by atoms with Crippen LogP contribution in [-0.2, 0) is 19.6 Å². The van der Waals surface area contributed by atoms with Crippen molar-refractivity contribution < 1.29 is 13.6 Å². The van der Waals surface area contributed by atoms with Crippen molar-refractivity contribution in [3.8, 4) is 0 Å². The predicted molar refractivity (Wildman–Crippen MR) is 144 cm³/mol. The van der Waals surface area contributed by atoms with Gasteiger partial charge < -0.3 is 9.47 Å². The quantitative estimate of drug-likeness (QED) is 0.259. The van der Waals surface area contributed by atoms with E-state index in [1.165, 1.54) is 18.4 Å². The number of carbonyl (C=O) groups is 1. The van der Waals surface area contributed by atoms with Gasteiger partial charge in [-0.25, -0.2) is 13.8 Å². The van der Waals surface area contributed by atoms with E-state index < -0.39 is 17.5 Å². The van der Waals surface area contributed by atoms with Crippen LogP contribution in [0.5, 0.6) is 0 Å². The van der Waals surface area contributed by atoms with Gasteiger partial charge in [0.05, 0.1) is 23.1 Å². The van der Waals surface area contributed by atoms with Crippen molar-refractivity contribution in [3.05, 3.63) is 65.0 Å². The fraction of sp³-hybridized carbons (Fsp3) is 0.533. The Morgan fingerprint density at radius 3 is 2.54 bits per heavy atom. The Morgan fingerprint density at radius 1 is 1.08 bits per heavy atom. The van der Waals surface area contributed by atoms with Crippen LogP contribution < -0.4 is 0 Å². The van der Waals surface area contributed by atoms with Gasteiger partial charge in [0.1, 0.15) is 17.5 Å². The number of imidazole rings is 1. The van der Waals surface area contributed by atoms with Crippen molar-refractivity contribution in [1.82, 2.24) is 19.4 Å². The van der Waals surface area contributed by atoms with E-state index in [0.29, 0.717) is 6.54 Å². The van der Waals surface area contributed by atoms with E-state index in [0.717, 1.165) is 80.0 Å². The minimum Gasteiger partial charge on any atom is -0.331 e. The summed E-state index contributed by atoms with van der Waals surface area (Å²) in [5, 5.41) is 0. The second kappa shape index (κ2) is 12.2. The van der Waals surface area contributed by atoms with E-state index in [2.05, 4.69) is 41.5 Å². The highest BCUT2D eigenvalue weighted by atomic mass is 19.1. The zero-order chi connectivity index (χ0) is 26.5. The van der Waals surface area contributed by atoms with Crippen LogP contribution >= 0.6 is 0 Å². The number of carbonyl (C=O) groups excluding carboxylic acids is 1. The van der Waals surface area contributed by atoms with E-state index in [1.54, 1.807) is 4.90 Å². The van der Waals surface area contributed by atoms with Crippen LogP contribution in [0.2, 0.25) is 0 Å². The van der Waals surface area contributed by atoms with Crippen LogP contribution in [0, 0.1) is 23.5 Å². The van der Waals surface area contributed by atoms with Gasteiger partial charge in [0.25, 0.3) is 5.91 Å². The Morgan fingerprint density at radius 2 is 1.86 bits per heavy atom. The number of aromatic nitrogens is 2. The molecule has 0 N–H and O–H groups in total. The number of nitrogens with zero attached hydrogens (tertiary/aromatic N) is 4. The fourth-order valence-electron chi connectivity index (χ4n) is 5.05. The molecule has 5 nitrogen and oxygen atoms in total. The number of amides is 1. The molecule has 1 fully saturated rings. The number of benzene rings is 2. The van der Waals surface area contributed by atoms with Crippen molar-refractivity contribution in [1.29, 1.82) is 0 Å². The first kappa shape index (κ1) is 27.2. The molecular formula is C30H40F2N4O. The number of halogens is 2. The van der Waals surface area contributed by atoms with E-state index in [-0.39, 0.29) is 18.0 Å². The molecule has 1 heterocycles. The summed E-state index contributed by atoms with van der Waals surface area (Å²) in [6.07, 6.45) is 4.74. The minimum atomic E-state index is -0.713. The van der Waals surface area contributed by atoms with E-state index in [9.17, 15) is 13.6 Å². The second-order valence-electron chi connectivity index (χ2n) is 10.9. The average Bonchev–Trinajstić information content (AvgIpc) is 3.61. The summed E-state index contributed by atoms with van der Waals surface area (Å²) in [4.78, 5) is 22.4. The Balaban J connectivity index is 1.63. The number of hydrogen-bond donors (Lipinski definition) is 0. The topological polar surface area (TPSA) is 41.4 Å². The highest BCUT2D eigenvalue weighted by molar-refractivity contribution is 5.94. The lowest BCUT2D eigenvalue weighted by Crippen LogP contribution is -2.35. The van der Waals surface area contributed by atoms with Crippen molar-refractivity contribution >= 4 is 16.9 Å². The van der Waals surface area contributed by atoms with Crippen LogP contribution in [0.25, 0.3) is 11.0 Å². The van der Waals surface area contributed by atoms with Crippen LogP contribution in [0.4, 0.5) is 8.78 Å². The molecule has 0 radical (unpaired) electrons. The Kier molecular flexibility index (Phi) is 8.95. The van der Waals surface area contributed by atoms with Gasteiger partial charge in [-0.3, -0.25) is 9.69 Å². The van der Waals surface area contributed by atoms with Crippen molar-refractivity contribution in [3.63, 3.8) is 0 Å². The zero-order valence-electron chi connectivity index (χ0n) is 22.6. The van der Waals surface area contributed by atoms with Crippen molar-refractivity contribution in [2.75, 3.05) is 19.6 Å². The van der Waals surface area contributed by atoms with Gasteiger partial charge in [-0.15, -0.1) is 0 Å². The van der Waals surface area contributed by atoms with Crippen LogP contribution in [0.15, 0.2) is 36.4 Å². The molecule has 2 aromatic carbocycles. The SMILES string of the molecule is CCCN(Cc1ccc2c(c1)nc(CN(CC(C)C)C(=O)c1cc(F)ccc1F)n2CCC)CC1CC1. The molecule has 1 aromatic heterocycles. The smallest absolute Gasteiger partial charge is 0.257 e. The summed E-state index contributed by atoms with van der Waals surface area (Å²) in [5.41, 5.74) is 2.95. The summed E-state index contributed by atoms with van der Waals surface area (Å²) < 4.78 is 30.5. The number of fused-ring (bicyclic) bond motifs is 1. The maximum atomic E-state index is 14.5. The number of hydrogen-bond acceptors (Lipinski definition) is 3. The number of aryl methyl sites for hydroxylation is 1. The van der Waals surface area contributed by atoms with Gasteiger partial charge in [0, 0.05) is 26.2 Å². The lowest BCUT2D eigenvalue weighted by molar-refractivity contribution is 0.0711. The van der Waals surface area contributed by atoms with E-state index in [1.807, 2.05) is 13.8 Å². The zero-order valence-corrected chi connectivity index (χ0v) is 22.6. The summed E-state index contributed by atoms with van der Waals surface area (Å²) in [6, 6.07) is 9.52. The van der Waals surface area contributed by atoms with Gasteiger partial charge in [-0.05, 0) is 80.0 Å². The largest absolute Gasteiger partial charge is 0.331 e. The molecule has 1 aliphatic carbocycles. The van der Waals surface area contributed by atoms with Gasteiger partial charge >= 0.3 is 0 Å². The Hall–Kier alpha value is -2.80. The highest BCUT2D eigenvalue weighted by Crippen LogP contribution is 2.30. The standard InChI is InChI=1S/C30H40F2N4O/c1-5-13-34(18-22-7-8-22)19-23-9-12-28-27(15-23)33-29(36(28)14-6-2)20-35(17-21(3)4)30(37)25-16-24(31)10-11-26(25)32/h9-12,15-16,21-22H,5-8,13-14,17-20H2,1-4H3. The maximum Gasteiger partial charge on any atom is 0.257 e. The predicted octanol–water partition coefficient (Wildman–Crippen LogP) is 6.64. The molecule has 0 bridgehead atoms. The van der Waals surface area contributed by atoms with Crippen molar-refractivity contribution in [2.45, 2.75) is 73.0 Å². The summed E-state index contributed by atoms with van der Waals surface area (Å²) >= 11 is 0. The molecule has 200 valence electrons. The number of rotatable bonds is 13. The molecule has 3 aromatic rings. The third kappa shape index (κ3) is 6.95. The second-order valence-corrected chi connectivity index (χ2v) is 10.9. The highest BCUT2D eigenvalue weighted by Gasteiger charge is 2.25. The normalized spacial score (nSPS) is 13.7. The van der Waals surface area contributed by atoms with Gasteiger partial charge in [-0.2, -0.15) is 0 Å². The van der Waals surface area contributed by atoms with Gasteiger partial charge in [0.15, 0.2) is 0 Å². The average molecular weight is 511 g/mol. The molecule has 1 aliphatic rings. The third-order valence-corrected chi connectivity index (χ3v) is 6.86. The summed E-state index contributed by atoms with van der Waals surface area (Å²) in [7, 11) is 0. The molecule has 0 saturated heterocycles. The first-order valence-corrected chi connectivity index (χ1v) is 13.7. The van der Waals surface area contributed by atoms with E-state index in [4.69, 9.17) is 4.98 Å². The Labute approximate surface area is 219 Å². The molecule has 1 amide bonds. The molecule has 0 aliphatic heterocycles. The molecule has 4 rings (SSSR count). The molecular weight excluding hydrogens is 470 g/mol. The molecule has 0 spiro atoms. The minimum absolute atomic E-state index is 0.159. The lowest BCUT2D eigenvalue weighted by atomic mass is 10.1. The molecule has 0 atom stereocenters. The molecule has 0 unspecified atom stereocenters. The van der Waals surface area contributed by atoms with Gasteiger partial charge in [-0.1, -0.05) is 33.8 Å². The van der Waals surface area contributed by atoms with Crippen LogP contribution in [0.1, 0.15) is 75.1 Å². The third-order valence-electron chi connectivity index (χ3n) is 6.86. The Bertz CT molecular complexity index is 1220. The molecule has 37 heavy (non-hydrogen) atoms. The van der Waals surface area contributed by atoms with Crippen LogP contribution in [0.3, 0.4) is 0 Å². The van der Waals surface area contributed by atoms with Crippen LogP contribution in [-0.4, -0.2) is 44.9 Å². The van der Waals surface area contributed by atoms with Gasteiger partial charge in [0.2, 0.25) is 0 Å². The first-order valence-electron chi connectivity index (χ1n) is 13.7. The molecule has 1 saturated carbocycles. The summed E-state index contributed by atoms with van der Waals surface area (Å²) in [6.45, 7) is 12.9. The maximum absolute atomic E-state index is 14.5. The summed E-state index contributed by atoms with van der Waals surface area (Å²) in [5.74, 6) is -0.0845.